The SMILES string of the molecule is O=S1(=O)c2cccc3c(Cl)cc(Cl)c(c23)N1CCCCl. The molecule has 1 aliphatic heterocycles. The second kappa shape index (κ2) is 4.95. The standard InChI is InChI=1S/C13H10Cl3NO2S/c14-5-2-6-17-13-10(16)7-9(15)8-3-1-4-11(12(8)13)20(17,18)19/h1,3-4,7H,2,5-6H2. The second-order valence-corrected chi connectivity index (χ2v) is 7.51. The minimum Gasteiger partial charge on any atom is -0.264 e. The summed E-state index contributed by atoms with van der Waals surface area (Å²) in [7, 11) is -3.58. The minimum atomic E-state index is -3.58. The van der Waals surface area contributed by atoms with Crippen molar-refractivity contribution in [3.8, 4) is 0 Å². The predicted octanol–water partition coefficient (Wildman–Crippen LogP) is 4.28. The number of benzene rings is 2. The Hall–Kier alpha value is -0.680. The average Bonchev–Trinajstić information content (AvgIpc) is 2.63. The maximum absolute atomic E-state index is 12.6. The van der Waals surface area contributed by atoms with Gasteiger partial charge in [0.05, 0.1) is 20.6 Å². The zero-order valence-corrected chi connectivity index (χ0v) is 13.3. The van der Waals surface area contributed by atoms with E-state index in [1.807, 2.05) is 0 Å². The fraction of sp³-hybridized carbons (Fsp3) is 0.231. The van der Waals surface area contributed by atoms with Crippen molar-refractivity contribution in [3.05, 3.63) is 34.3 Å². The van der Waals surface area contributed by atoms with E-state index in [1.165, 1.54) is 4.31 Å². The molecule has 0 spiro atoms. The maximum atomic E-state index is 12.6. The Morgan fingerprint density at radius 2 is 1.90 bits per heavy atom. The molecule has 0 unspecified atom stereocenters. The average molecular weight is 351 g/mol. The highest BCUT2D eigenvalue weighted by atomic mass is 35.5. The highest BCUT2D eigenvalue weighted by Gasteiger charge is 2.37. The van der Waals surface area contributed by atoms with Gasteiger partial charge in [0.15, 0.2) is 0 Å². The van der Waals surface area contributed by atoms with Crippen molar-refractivity contribution in [3.63, 3.8) is 0 Å². The smallest absolute Gasteiger partial charge is 0.264 e. The lowest BCUT2D eigenvalue weighted by Crippen LogP contribution is -2.28. The third-order valence-electron chi connectivity index (χ3n) is 3.31. The molecule has 0 aromatic heterocycles. The van der Waals surface area contributed by atoms with Crippen LogP contribution >= 0.6 is 34.8 Å². The first-order chi connectivity index (χ1) is 9.48. The lowest BCUT2D eigenvalue weighted by molar-refractivity contribution is 0.593. The topological polar surface area (TPSA) is 37.4 Å². The van der Waals surface area contributed by atoms with E-state index in [4.69, 9.17) is 34.8 Å². The van der Waals surface area contributed by atoms with E-state index in [0.29, 0.717) is 45.4 Å². The Balaban J connectivity index is 2.37. The van der Waals surface area contributed by atoms with Crippen LogP contribution in [0.3, 0.4) is 0 Å². The highest BCUT2D eigenvalue weighted by Crippen LogP contribution is 2.48. The molecule has 1 aliphatic rings. The van der Waals surface area contributed by atoms with Crippen LogP contribution in [-0.2, 0) is 10.0 Å². The first-order valence-electron chi connectivity index (χ1n) is 5.98. The van der Waals surface area contributed by atoms with Gasteiger partial charge in [-0.25, -0.2) is 8.42 Å². The lowest BCUT2D eigenvalue weighted by Gasteiger charge is -2.19. The Kier molecular flexibility index (Phi) is 3.53. The number of rotatable bonds is 3. The summed E-state index contributed by atoms with van der Waals surface area (Å²) < 4.78 is 26.6. The molecule has 0 aliphatic carbocycles. The normalized spacial score (nSPS) is 16.1. The Morgan fingerprint density at radius 3 is 2.60 bits per heavy atom. The van der Waals surface area contributed by atoms with Gasteiger partial charge in [0, 0.05) is 23.2 Å². The molecule has 2 aromatic rings. The number of nitrogens with zero attached hydrogens (tertiary/aromatic N) is 1. The molecular weight excluding hydrogens is 341 g/mol. The minimum absolute atomic E-state index is 0.254. The van der Waals surface area contributed by atoms with Gasteiger partial charge in [-0.3, -0.25) is 4.31 Å². The predicted molar refractivity (Wildman–Crippen MR) is 83.8 cm³/mol. The third-order valence-corrected chi connectivity index (χ3v) is 6.02. The highest BCUT2D eigenvalue weighted by molar-refractivity contribution is 7.93. The van der Waals surface area contributed by atoms with Crippen LogP contribution in [0, 0.1) is 0 Å². The molecule has 0 bridgehead atoms. The molecule has 7 heteroatoms. The van der Waals surface area contributed by atoms with Crippen LogP contribution in [0.15, 0.2) is 29.2 Å². The third kappa shape index (κ3) is 1.90. The Bertz CT molecular complexity index is 805. The summed E-state index contributed by atoms with van der Waals surface area (Å²) in [6.07, 6.45) is 0.551. The number of sulfonamides is 1. The van der Waals surface area contributed by atoms with Crippen molar-refractivity contribution < 1.29 is 8.42 Å². The number of hydrogen-bond acceptors (Lipinski definition) is 2. The van der Waals surface area contributed by atoms with Gasteiger partial charge in [-0.1, -0.05) is 35.3 Å². The molecule has 2 aromatic carbocycles. The quantitative estimate of drug-likeness (QED) is 0.775. The van der Waals surface area contributed by atoms with Crippen LogP contribution in [0.4, 0.5) is 5.69 Å². The molecule has 1 heterocycles. The van der Waals surface area contributed by atoms with E-state index < -0.39 is 10.0 Å². The van der Waals surface area contributed by atoms with Gasteiger partial charge in [-0.05, 0) is 18.6 Å². The van der Waals surface area contributed by atoms with Gasteiger partial charge in [-0.15, -0.1) is 11.6 Å². The van der Waals surface area contributed by atoms with Crippen molar-refractivity contribution in [2.24, 2.45) is 0 Å². The summed E-state index contributed by atoms with van der Waals surface area (Å²) in [5, 5.41) is 2.08. The molecule has 0 fully saturated rings. The van der Waals surface area contributed by atoms with E-state index in [2.05, 4.69) is 0 Å². The molecule has 3 nitrogen and oxygen atoms in total. The van der Waals surface area contributed by atoms with Gasteiger partial charge in [-0.2, -0.15) is 0 Å². The first-order valence-corrected chi connectivity index (χ1v) is 8.71. The molecule has 20 heavy (non-hydrogen) atoms. The lowest BCUT2D eigenvalue weighted by atomic mass is 10.1. The van der Waals surface area contributed by atoms with Gasteiger partial charge >= 0.3 is 0 Å². The molecular formula is C13H10Cl3NO2S. The summed E-state index contributed by atoms with van der Waals surface area (Å²) in [5.41, 5.74) is 0.506. The fourth-order valence-corrected chi connectivity index (χ4v) is 5.03. The molecule has 3 rings (SSSR count). The summed E-state index contributed by atoms with van der Waals surface area (Å²) in [6.45, 7) is 0.303. The number of halogens is 3. The van der Waals surface area contributed by atoms with Crippen LogP contribution in [0.5, 0.6) is 0 Å². The summed E-state index contributed by atoms with van der Waals surface area (Å²) in [6, 6.07) is 6.64. The molecule has 0 saturated carbocycles. The van der Waals surface area contributed by atoms with Gasteiger partial charge in [0.25, 0.3) is 10.0 Å². The Morgan fingerprint density at radius 1 is 1.15 bits per heavy atom. The molecule has 106 valence electrons. The monoisotopic (exact) mass is 349 g/mol. The first kappa shape index (κ1) is 14.3. The van der Waals surface area contributed by atoms with E-state index in [1.54, 1.807) is 24.3 Å². The van der Waals surface area contributed by atoms with Crippen molar-refractivity contribution in [2.45, 2.75) is 11.3 Å². The fourth-order valence-electron chi connectivity index (χ4n) is 2.48. The van der Waals surface area contributed by atoms with Crippen LogP contribution in [0.2, 0.25) is 10.0 Å². The summed E-state index contributed by atoms with van der Waals surface area (Å²) in [4.78, 5) is 0.254. The van der Waals surface area contributed by atoms with Crippen molar-refractivity contribution >= 4 is 61.3 Å². The largest absolute Gasteiger partial charge is 0.265 e. The van der Waals surface area contributed by atoms with Gasteiger partial charge in [0.1, 0.15) is 0 Å². The Labute approximate surface area is 132 Å². The molecule has 0 atom stereocenters. The van der Waals surface area contributed by atoms with Gasteiger partial charge in [0.2, 0.25) is 0 Å². The molecule has 0 N–H and O–H groups in total. The van der Waals surface area contributed by atoms with E-state index in [-0.39, 0.29) is 4.90 Å². The number of alkyl halides is 1. The van der Waals surface area contributed by atoms with Crippen molar-refractivity contribution in [1.29, 1.82) is 0 Å². The molecule has 0 saturated heterocycles. The van der Waals surface area contributed by atoms with Crippen LogP contribution < -0.4 is 4.31 Å². The molecule has 0 amide bonds. The van der Waals surface area contributed by atoms with Crippen molar-refractivity contribution in [1.82, 2.24) is 0 Å². The van der Waals surface area contributed by atoms with E-state index in [9.17, 15) is 8.42 Å². The zero-order valence-electron chi connectivity index (χ0n) is 10.2. The maximum Gasteiger partial charge on any atom is 0.265 e. The summed E-state index contributed by atoms with van der Waals surface area (Å²) >= 11 is 18.1. The summed E-state index contributed by atoms with van der Waals surface area (Å²) in [5.74, 6) is 0.386. The van der Waals surface area contributed by atoms with Crippen LogP contribution in [-0.4, -0.2) is 20.8 Å². The van der Waals surface area contributed by atoms with Crippen LogP contribution in [0.1, 0.15) is 6.42 Å². The van der Waals surface area contributed by atoms with E-state index >= 15 is 0 Å². The van der Waals surface area contributed by atoms with Crippen molar-refractivity contribution in [2.75, 3.05) is 16.7 Å². The van der Waals surface area contributed by atoms with Crippen LogP contribution in [0.25, 0.3) is 10.8 Å². The zero-order chi connectivity index (χ0) is 14.5. The number of anilines is 1. The second-order valence-electron chi connectivity index (χ2n) is 4.49. The number of hydrogen-bond donors (Lipinski definition) is 0. The van der Waals surface area contributed by atoms with E-state index in [0.717, 1.165) is 0 Å². The van der Waals surface area contributed by atoms with Gasteiger partial charge < -0.3 is 0 Å². The molecule has 0 radical (unpaired) electrons.